The molecule has 2 aromatic carbocycles. The second kappa shape index (κ2) is 12.2. The van der Waals surface area contributed by atoms with Crippen molar-refractivity contribution in [2.45, 2.75) is 45.1 Å². The second-order valence-electron chi connectivity index (χ2n) is 10.1. The van der Waals surface area contributed by atoms with Gasteiger partial charge in [0.1, 0.15) is 30.0 Å². The maximum Gasteiger partial charge on any atom is 0.293 e. The third-order valence-corrected chi connectivity index (χ3v) is 6.59. The first-order valence-corrected chi connectivity index (χ1v) is 12.8. The molecule has 0 spiro atoms. The molecule has 2 N–H and O–H groups in total. The van der Waals surface area contributed by atoms with E-state index in [0.717, 1.165) is 23.8 Å². The molecule has 0 fully saturated rings. The number of benzene rings is 2. The van der Waals surface area contributed by atoms with E-state index in [2.05, 4.69) is 5.32 Å². The third kappa shape index (κ3) is 6.62. The Labute approximate surface area is 232 Å². The molecule has 2 amide bonds. The number of aromatic amines is 1. The van der Waals surface area contributed by atoms with Crippen molar-refractivity contribution in [3.05, 3.63) is 80.8 Å². The Balaban J connectivity index is 1.65. The maximum absolute atomic E-state index is 15.2. The number of carbonyl (C=O) groups excluding carboxylic acids is 2. The number of nitrogens with one attached hydrogen (secondary N) is 2. The van der Waals surface area contributed by atoms with Gasteiger partial charge in [0.05, 0.1) is 19.3 Å². The van der Waals surface area contributed by atoms with Gasteiger partial charge >= 0.3 is 0 Å². The molecule has 3 aromatic rings. The van der Waals surface area contributed by atoms with Crippen LogP contribution in [0.15, 0.2) is 45.7 Å². The van der Waals surface area contributed by atoms with E-state index in [0.29, 0.717) is 24.3 Å². The van der Waals surface area contributed by atoms with E-state index in [1.807, 2.05) is 12.1 Å². The van der Waals surface area contributed by atoms with Crippen LogP contribution in [0.25, 0.3) is 0 Å². The molecular weight excluding hydrogens is 550 g/mol. The number of aromatic nitrogens is 1. The van der Waals surface area contributed by atoms with Crippen LogP contribution in [0.2, 0.25) is 0 Å². The van der Waals surface area contributed by atoms with Crippen molar-refractivity contribution in [2.24, 2.45) is 0 Å². The van der Waals surface area contributed by atoms with E-state index in [9.17, 15) is 23.2 Å². The van der Waals surface area contributed by atoms with Crippen LogP contribution in [0.1, 0.15) is 54.1 Å². The van der Waals surface area contributed by atoms with E-state index in [1.54, 1.807) is 18.2 Å². The summed E-state index contributed by atoms with van der Waals surface area (Å²) in [4.78, 5) is 39.6. The zero-order chi connectivity index (χ0) is 29.9. The zero-order valence-corrected chi connectivity index (χ0v) is 22.6. The highest BCUT2D eigenvalue weighted by Gasteiger charge is 2.38. The van der Waals surface area contributed by atoms with Gasteiger partial charge < -0.3 is 24.2 Å². The number of carbonyl (C=O) groups is 2. The van der Waals surface area contributed by atoms with Gasteiger partial charge in [-0.25, -0.2) is 17.6 Å². The Kier molecular flexibility index (Phi) is 8.86. The van der Waals surface area contributed by atoms with Crippen LogP contribution in [-0.2, 0) is 21.4 Å². The number of halogens is 4. The Morgan fingerprint density at radius 1 is 1.17 bits per heavy atom. The molecule has 1 aliphatic heterocycles. The monoisotopic (exact) mass is 579 g/mol. The minimum Gasteiger partial charge on any atom is -0.494 e. The SMILES string of the molecule is CCOc1ccc2c(c1)CCN(C(=O)c1cc(=O)[nH]o1)C2C(=O)Nc1cc(F)c(C(C)(C)COCC(F)F)c(F)c1. The van der Waals surface area contributed by atoms with Crippen LogP contribution in [0.4, 0.5) is 23.2 Å². The van der Waals surface area contributed by atoms with E-state index in [-0.39, 0.29) is 24.6 Å². The minimum atomic E-state index is -2.73. The van der Waals surface area contributed by atoms with Gasteiger partial charge in [0.15, 0.2) is 0 Å². The lowest BCUT2D eigenvalue weighted by molar-refractivity contribution is -0.121. The average molecular weight is 580 g/mol. The van der Waals surface area contributed by atoms with Gasteiger partial charge in [0.2, 0.25) is 5.76 Å². The number of hydrogen-bond donors (Lipinski definition) is 2. The van der Waals surface area contributed by atoms with Crippen LogP contribution in [0.5, 0.6) is 5.75 Å². The molecule has 1 aromatic heterocycles. The van der Waals surface area contributed by atoms with Crippen molar-refractivity contribution in [3.8, 4) is 5.75 Å². The number of alkyl halides is 2. The summed E-state index contributed by atoms with van der Waals surface area (Å²) in [7, 11) is 0. The maximum atomic E-state index is 15.2. The zero-order valence-electron chi connectivity index (χ0n) is 22.6. The van der Waals surface area contributed by atoms with Crippen LogP contribution in [-0.4, -0.2) is 54.7 Å². The van der Waals surface area contributed by atoms with Crippen molar-refractivity contribution >= 4 is 17.5 Å². The molecule has 1 aliphatic rings. The Hall–Kier alpha value is -4.13. The average Bonchev–Trinajstić information content (AvgIpc) is 3.32. The lowest BCUT2D eigenvalue weighted by Crippen LogP contribution is -2.45. The molecule has 9 nitrogen and oxygen atoms in total. The lowest BCUT2D eigenvalue weighted by atomic mass is 9.84. The molecular formula is C28H29F4N3O6. The van der Waals surface area contributed by atoms with Crippen LogP contribution < -0.4 is 15.6 Å². The first-order valence-electron chi connectivity index (χ1n) is 12.8. The fourth-order valence-corrected chi connectivity index (χ4v) is 4.87. The summed E-state index contributed by atoms with van der Waals surface area (Å²) in [6, 6.07) is 6.55. The summed E-state index contributed by atoms with van der Waals surface area (Å²) in [6.07, 6.45) is -2.37. The smallest absolute Gasteiger partial charge is 0.293 e. The summed E-state index contributed by atoms with van der Waals surface area (Å²) >= 11 is 0. The number of rotatable bonds is 10. The molecule has 0 bridgehead atoms. The molecule has 0 saturated heterocycles. The topological polar surface area (TPSA) is 114 Å². The van der Waals surface area contributed by atoms with Crippen molar-refractivity contribution in [1.82, 2.24) is 10.1 Å². The van der Waals surface area contributed by atoms with Crippen molar-refractivity contribution < 1.29 is 41.1 Å². The quantitative estimate of drug-likeness (QED) is 0.340. The van der Waals surface area contributed by atoms with Crippen LogP contribution >= 0.6 is 0 Å². The number of ether oxygens (including phenoxy) is 2. The number of H-pyrrole nitrogens is 1. The summed E-state index contributed by atoms with van der Waals surface area (Å²) < 4.78 is 70.6. The van der Waals surface area contributed by atoms with Gasteiger partial charge in [-0.3, -0.25) is 14.4 Å². The fraction of sp³-hybridized carbons (Fsp3) is 0.393. The number of anilines is 1. The summed E-state index contributed by atoms with van der Waals surface area (Å²) in [5.74, 6) is -3.27. The van der Waals surface area contributed by atoms with Crippen molar-refractivity contribution in [1.29, 1.82) is 0 Å². The largest absolute Gasteiger partial charge is 0.494 e. The van der Waals surface area contributed by atoms with Crippen molar-refractivity contribution in [2.75, 3.05) is 31.7 Å². The normalized spacial score (nSPS) is 15.1. The van der Waals surface area contributed by atoms with Gasteiger partial charge in [-0.15, -0.1) is 0 Å². The highest BCUT2D eigenvalue weighted by molar-refractivity contribution is 6.01. The number of nitrogens with zero attached hydrogens (tertiary/aromatic N) is 1. The van der Waals surface area contributed by atoms with Gasteiger partial charge in [-0.05, 0) is 48.7 Å². The van der Waals surface area contributed by atoms with Gasteiger partial charge in [-0.2, -0.15) is 5.16 Å². The summed E-state index contributed by atoms with van der Waals surface area (Å²) in [5.41, 5.74) is -1.36. The van der Waals surface area contributed by atoms with Crippen molar-refractivity contribution in [3.63, 3.8) is 0 Å². The highest BCUT2D eigenvalue weighted by Crippen LogP contribution is 2.35. The standard InChI is InChI=1S/C28H29F4N3O6/c1-4-40-17-5-6-18-15(9-17)7-8-35(27(38)21-12-23(36)34-41-21)25(18)26(37)33-16-10-19(29)24(20(30)11-16)28(2,3)14-39-13-22(31)32/h5-6,9-12,22,25H,4,7-8,13-14H2,1-3H3,(H,33,37)(H,34,36). The Morgan fingerprint density at radius 3 is 2.49 bits per heavy atom. The van der Waals surface area contributed by atoms with E-state index in [4.69, 9.17) is 14.0 Å². The fourth-order valence-electron chi connectivity index (χ4n) is 4.87. The van der Waals surface area contributed by atoms with Crippen LogP contribution in [0, 0.1) is 11.6 Å². The molecule has 41 heavy (non-hydrogen) atoms. The summed E-state index contributed by atoms with van der Waals surface area (Å²) in [5, 5.41) is 4.51. The molecule has 4 rings (SSSR count). The molecule has 0 radical (unpaired) electrons. The molecule has 220 valence electrons. The van der Waals surface area contributed by atoms with Gasteiger partial charge in [0.25, 0.3) is 23.8 Å². The predicted octanol–water partition coefficient (Wildman–Crippen LogP) is 4.58. The Morgan fingerprint density at radius 2 is 1.88 bits per heavy atom. The van der Waals surface area contributed by atoms with Crippen LogP contribution in [0.3, 0.4) is 0 Å². The molecule has 0 saturated carbocycles. The number of amides is 2. The van der Waals surface area contributed by atoms with E-state index >= 15 is 8.78 Å². The lowest BCUT2D eigenvalue weighted by Gasteiger charge is -2.36. The molecule has 13 heteroatoms. The van der Waals surface area contributed by atoms with E-state index in [1.165, 1.54) is 18.7 Å². The molecule has 1 unspecified atom stereocenters. The predicted molar refractivity (Wildman–Crippen MR) is 139 cm³/mol. The number of hydrogen-bond acceptors (Lipinski definition) is 6. The summed E-state index contributed by atoms with van der Waals surface area (Å²) in [6.45, 7) is 3.95. The first-order chi connectivity index (χ1) is 19.4. The Bertz CT molecular complexity index is 1460. The number of fused-ring (bicyclic) bond motifs is 1. The first kappa shape index (κ1) is 29.8. The molecule has 1 atom stereocenters. The molecule has 2 heterocycles. The minimum absolute atomic E-state index is 0.0723. The second-order valence-corrected chi connectivity index (χ2v) is 10.1. The highest BCUT2D eigenvalue weighted by atomic mass is 19.3. The van der Waals surface area contributed by atoms with Gasteiger partial charge in [0, 0.05) is 23.2 Å². The third-order valence-electron chi connectivity index (χ3n) is 6.59. The molecule has 0 aliphatic carbocycles. The van der Waals surface area contributed by atoms with E-state index < -0.39 is 59.1 Å². The van der Waals surface area contributed by atoms with Gasteiger partial charge in [-0.1, -0.05) is 19.9 Å².